The first-order valence-electron chi connectivity index (χ1n) is 9.46. The van der Waals surface area contributed by atoms with Crippen LogP contribution in [0.25, 0.3) is 0 Å². The molecule has 16 nitrogen and oxygen atoms in total. The highest BCUT2D eigenvalue weighted by Gasteiger charge is 2.54. The van der Waals surface area contributed by atoms with E-state index in [2.05, 4.69) is 0 Å². The van der Waals surface area contributed by atoms with E-state index >= 15 is 0 Å². The van der Waals surface area contributed by atoms with E-state index < -0.39 is 77.5 Å². The molecule has 0 bridgehead atoms. The van der Waals surface area contributed by atoms with E-state index in [9.17, 15) is 50.0 Å². The Hall–Kier alpha value is -4.50. The number of ether oxygens (including phenoxy) is 2. The maximum Gasteiger partial charge on any atom is 0.418 e. The predicted octanol–water partition coefficient (Wildman–Crippen LogP) is 1.53. The van der Waals surface area contributed by atoms with Crippen molar-refractivity contribution >= 4 is 11.9 Å². The standard InChI is InChI=1S/C18H18N4O12/c1-9-5-11(19(25)26)7-13(21(29)30)17(9,3)33-15(23)16(24)34-18(4)10(2)6-12(20(27)28)8-14(18)22(31)32/h5-10H,1-4H3. The first-order valence-corrected chi connectivity index (χ1v) is 9.46. The Labute approximate surface area is 189 Å². The van der Waals surface area contributed by atoms with Crippen molar-refractivity contribution in [2.75, 3.05) is 0 Å². The summed E-state index contributed by atoms with van der Waals surface area (Å²) >= 11 is 0. The van der Waals surface area contributed by atoms with Gasteiger partial charge in [-0.2, -0.15) is 0 Å². The molecule has 4 atom stereocenters. The number of carbonyl (C=O) groups is 2. The van der Waals surface area contributed by atoms with Gasteiger partial charge in [-0.25, -0.2) is 9.59 Å². The summed E-state index contributed by atoms with van der Waals surface area (Å²) in [5.41, 5.74) is -7.24. The van der Waals surface area contributed by atoms with Gasteiger partial charge in [-0.15, -0.1) is 0 Å². The Morgan fingerprint density at radius 3 is 1.24 bits per heavy atom. The second-order valence-corrected chi connectivity index (χ2v) is 7.84. The van der Waals surface area contributed by atoms with Crippen molar-refractivity contribution in [1.29, 1.82) is 0 Å². The molecule has 0 aromatic heterocycles. The second-order valence-electron chi connectivity index (χ2n) is 7.84. The maximum absolute atomic E-state index is 12.5. The number of hydrogen-bond acceptors (Lipinski definition) is 12. The lowest BCUT2D eigenvalue weighted by molar-refractivity contribution is -0.454. The van der Waals surface area contributed by atoms with Gasteiger partial charge in [0.05, 0.1) is 31.8 Å². The summed E-state index contributed by atoms with van der Waals surface area (Å²) in [6, 6.07) is 0. The van der Waals surface area contributed by atoms with Gasteiger partial charge in [0, 0.05) is 24.0 Å². The number of hydrogen-bond donors (Lipinski definition) is 0. The molecule has 16 heteroatoms. The largest absolute Gasteiger partial charge is 0.439 e. The molecule has 0 heterocycles. The van der Waals surface area contributed by atoms with Crippen molar-refractivity contribution in [3.63, 3.8) is 0 Å². The molecule has 34 heavy (non-hydrogen) atoms. The second kappa shape index (κ2) is 8.80. The van der Waals surface area contributed by atoms with Crippen LogP contribution in [-0.2, 0) is 19.1 Å². The van der Waals surface area contributed by atoms with Gasteiger partial charge in [0.2, 0.25) is 11.2 Å². The lowest BCUT2D eigenvalue weighted by Crippen LogP contribution is -2.49. The van der Waals surface area contributed by atoms with Gasteiger partial charge in [0.25, 0.3) is 22.8 Å². The fraction of sp³-hybridized carbons (Fsp3) is 0.444. The highest BCUT2D eigenvalue weighted by Crippen LogP contribution is 2.39. The third-order valence-electron chi connectivity index (χ3n) is 5.76. The Balaban J connectivity index is 2.35. The van der Waals surface area contributed by atoms with E-state index in [-0.39, 0.29) is 0 Å². The average molecular weight is 482 g/mol. The van der Waals surface area contributed by atoms with Crippen LogP contribution in [0, 0.1) is 52.3 Å². The summed E-state index contributed by atoms with van der Waals surface area (Å²) in [7, 11) is 0. The van der Waals surface area contributed by atoms with Crippen LogP contribution in [0.2, 0.25) is 0 Å². The highest BCUT2D eigenvalue weighted by molar-refractivity contribution is 6.30. The van der Waals surface area contributed by atoms with E-state index in [4.69, 9.17) is 9.47 Å². The molecule has 4 unspecified atom stereocenters. The minimum absolute atomic E-state index is 0.584. The molecule has 0 saturated carbocycles. The van der Waals surface area contributed by atoms with E-state index in [1.807, 2.05) is 0 Å². The first kappa shape index (κ1) is 25.8. The molecule has 2 aliphatic rings. The van der Waals surface area contributed by atoms with Gasteiger partial charge in [0.1, 0.15) is 0 Å². The van der Waals surface area contributed by atoms with Gasteiger partial charge >= 0.3 is 11.9 Å². The Morgan fingerprint density at radius 2 is 1.00 bits per heavy atom. The number of esters is 2. The molecular formula is C18H18N4O12. The monoisotopic (exact) mass is 482 g/mol. The van der Waals surface area contributed by atoms with Gasteiger partial charge in [-0.3, -0.25) is 40.5 Å². The lowest BCUT2D eigenvalue weighted by Gasteiger charge is -2.34. The van der Waals surface area contributed by atoms with E-state index in [0.717, 1.165) is 26.0 Å². The summed E-state index contributed by atoms with van der Waals surface area (Å²) in [5.74, 6) is -5.78. The third kappa shape index (κ3) is 4.50. The molecule has 0 radical (unpaired) electrons. The molecule has 0 aliphatic heterocycles. The molecule has 182 valence electrons. The van der Waals surface area contributed by atoms with Crippen LogP contribution in [0.3, 0.4) is 0 Å². The molecule has 0 aromatic rings. The Bertz CT molecular complexity index is 1050. The summed E-state index contributed by atoms with van der Waals surface area (Å²) in [4.78, 5) is 66.3. The molecule has 0 fully saturated rings. The highest BCUT2D eigenvalue weighted by atomic mass is 16.7. The number of nitro groups is 4. The summed E-state index contributed by atoms with van der Waals surface area (Å²) in [6.45, 7) is 4.68. The molecule has 2 rings (SSSR count). The summed E-state index contributed by atoms with van der Waals surface area (Å²) < 4.78 is 10.1. The van der Waals surface area contributed by atoms with Gasteiger partial charge < -0.3 is 9.47 Å². The SMILES string of the molecule is CC1C=C([N+](=O)[O-])C=C([N+](=O)[O-])C1(C)OC(=O)C(=O)OC1(C)C([N+](=O)[O-])=CC([N+](=O)[O-])=CC1C. The summed E-state index contributed by atoms with van der Waals surface area (Å²) in [5, 5.41) is 45.0. The Morgan fingerprint density at radius 1 is 0.706 bits per heavy atom. The van der Waals surface area contributed by atoms with Crippen LogP contribution in [-0.4, -0.2) is 42.8 Å². The molecule has 2 aliphatic carbocycles. The van der Waals surface area contributed by atoms with Crippen LogP contribution in [0.5, 0.6) is 0 Å². The van der Waals surface area contributed by atoms with Crippen molar-refractivity contribution in [2.24, 2.45) is 11.8 Å². The fourth-order valence-electron chi connectivity index (χ4n) is 3.41. The maximum atomic E-state index is 12.5. The van der Waals surface area contributed by atoms with Gasteiger partial charge in [0.15, 0.2) is 0 Å². The zero-order chi connectivity index (χ0) is 26.2. The van der Waals surface area contributed by atoms with Crippen molar-refractivity contribution in [1.82, 2.24) is 0 Å². The lowest BCUT2D eigenvalue weighted by atomic mass is 9.82. The molecule has 0 N–H and O–H groups in total. The topological polar surface area (TPSA) is 225 Å². The molecule has 0 aromatic carbocycles. The summed E-state index contributed by atoms with van der Waals surface area (Å²) in [6.07, 6.45) is 3.16. The zero-order valence-electron chi connectivity index (χ0n) is 18.2. The Kier molecular flexibility index (Phi) is 6.66. The number of allylic oxidation sites excluding steroid dienone is 2. The van der Waals surface area contributed by atoms with Crippen molar-refractivity contribution in [3.8, 4) is 0 Å². The first-order chi connectivity index (χ1) is 15.5. The van der Waals surface area contributed by atoms with E-state index in [1.54, 1.807) is 0 Å². The van der Waals surface area contributed by atoms with Crippen LogP contribution >= 0.6 is 0 Å². The van der Waals surface area contributed by atoms with Gasteiger partial charge in [-0.05, 0) is 13.8 Å². The molecule has 0 spiro atoms. The molecular weight excluding hydrogens is 464 g/mol. The van der Waals surface area contributed by atoms with Crippen molar-refractivity contribution in [3.05, 3.63) is 87.5 Å². The van der Waals surface area contributed by atoms with E-state index in [1.165, 1.54) is 13.8 Å². The molecule has 0 saturated heterocycles. The average Bonchev–Trinajstić information content (AvgIpc) is 2.70. The third-order valence-corrected chi connectivity index (χ3v) is 5.76. The smallest absolute Gasteiger partial charge is 0.418 e. The van der Waals surface area contributed by atoms with Crippen LogP contribution in [0.1, 0.15) is 27.7 Å². The van der Waals surface area contributed by atoms with Crippen molar-refractivity contribution < 1.29 is 38.8 Å². The quantitative estimate of drug-likeness (QED) is 0.227. The minimum atomic E-state index is -2.13. The van der Waals surface area contributed by atoms with Crippen LogP contribution < -0.4 is 0 Å². The predicted molar refractivity (Wildman–Crippen MR) is 108 cm³/mol. The fourth-order valence-corrected chi connectivity index (χ4v) is 3.41. The number of carbonyl (C=O) groups excluding carboxylic acids is 2. The minimum Gasteiger partial charge on any atom is -0.439 e. The van der Waals surface area contributed by atoms with E-state index in [0.29, 0.717) is 12.2 Å². The number of nitrogens with zero attached hydrogens (tertiary/aromatic N) is 4. The van der Waals surface area contributed by atoms with Gasteiger partial charge in [-0.1, -0.05) is 13.8 Å². The zero-order valence-corrected chi connectivity index (χ0v) is 18.2. The van der Waals surface area contributed by atoms with Crippen LogP contribution in [0.15, 0.2) is 47.1 Å². The van der Waals surface area contributed by atoms with Crippen LogP contribution in [0.4, 0.5) is 0 Å². The van der Waals surface area contributed by atoms with Crippen molar-refractivity contribution in [2.45, 2.75) is 38.9 Å². The normalized spacial score (nSPS) is 28.4. The molecule has 0 amide bonds. The number of rotatable bonds is 6.